The third-order valence-electron chi connectivity index (χ3n) is 3.30. The predicted octanol–water partition coefficient (Wildman–Crippen LogP) is 4.40. The van der Waals surface area contributed by atoms with Crippen LogP contribution in [0.2, 0.25) is 0 Å². The summed E-state index contributed by atoms with van der Waals surface area (Å²) in [7, 11) is 0. The predicted molar refractivity (Wildman–Crippen MR) is 82.2 cm³/mol. The van der Waals surface area contributed by atoms with E-state index in [1.54, 1.807) is 0 Å². The molecule has 0 aliphatic carbocycles. The lowest BCUT2D eigenvalue weighted by Crippen LogP contribution is -2.06. The molecule has 1 atom stereocenters. The zero-order valence-electron chi connectivity index (χ0n) is 11.5. The molecule has 1 N–H and O–H groups in total. The second kappa shape index (κ2) is 6.11. The zero-order valence-corrected chi connectivity index (χ0v) is 11.5. The molecule has 0 saturated heterocycles. The highest BCUT2D eigenvalue weighted by Crippen LogP contribution is 2.20. The van der Waals surface area contributed by atoms with Crippen molar-refractivity contribution in [3.63, 3.8) is 0 Å². The van der Waals surface area contributed by atoms with Crippen molar-refractivity contribution in [1.82, 2.24) is 0 Å². The number of aryl methyl sites for hydroxylation is 1. The molecule has 0 saturated carbocycles. The molecule has 0 fully saturated rings. The largest absolute Gasteiger partial charge is 0.378 e. The van der Waals surface area contributed by atoms with E-state index in [1.165, 1.54) is 11.1 Å². The average Bonchev–Trinajstić information content (AvgIpc) is 2.47. The van der Waals surface area contributed by atoms with Gasteiger partial charge in [0.15, 0.2) is 0 Å². The van der Waals surface area contributed by atoms with Crippen LogP contribution in [0, 0.1) is 12.3 Å². The van der Waals surface area contributed by atoms with E-state index >= 15 is 0 Å². The van der Waals surface area contributed by atoms with Crippen molar-refractivity contribution in [3.8, 4) is 12.3 Å². The summed E-state index contributed by atoms with van der Waals surface area (Å²) >= 11 is 0. The van der Waals surface area contributed by atoms with Crippen LogP contribution < -0.4 is 5.32 Å². The number of anilines is 1. The molecule has 0 bridgehead atoms. The molecule has 1 nitrogen and oxygen atoms in total. The Hall–Kier alpha value is -2.20. The summed E-state index contributed by atoms with van der Waals surface area (Å²) in [5.41, 5.74) is 4.61. The summed E-state index contributed by atoms with van der Waals surface area (Å²) in [6.07, 6.45) is 6.49. The van der Waals surface area contributed by atoms with E-state index in [0.29, 0.717) is 0 Å². The van der Waals surface area contributed by atoms with Crippen molar-refractivity contribution in [1.29, 1.82) is 0 Å². The lowest BCUT2D eigenvalue weighted by atomic mass is 10.0. The third kappa shape index (κ3) is 3.39. The zero-order chi connectivity index (χ0) is 13.7. The van der Waals surface area contributed by atoms with Crippen molar-refractivity contribution >= 4 is 5.69 Å². The normalized spacial score (nSPS) is 11.6. The minimum atomic E-state index is 0.263. The summed E-state index contributed by atoms with van der Waals surface area (Å²) in [6, 6.07) is 16.9. The molecule has 0 aliphatic heterocycles. The maximum Gasteiger partial charge on any atom is 0.0485 e. The molecule has 0 aromatic heterocycles. The first-order valence-electron chi connectivity index (χ1n) is 6.65. The number of hydrogen-bond donors (Lipinski definition) is 1. The summed E-state index contributed by atoms with van der Waals surface area (Å²) in [4.78, 5) is 0. The summed E-state index contributed by atoms with van der Waals surface area (Å²) in [6.45, 7) is 4.32. The topological polar surface area (TPSA) is 12.0 Å². The minimum Gasteiger partial charge on any atom is -0.378 e. The van der Waals surface area contributed by atoms with E-state index in [0.717, 1.165) is 17.7 Å². The minimum absolute atomic E-state index is 0.263. The van der Waals surface area contributed by atoms with E-state index in [-0.39, 0.29) is 6.04 Å². The van der Waals surface area contributed by atoms with Gasteiger partial charge in [0.2, 0.25) is 0 Å². The van der Waals surface area contributed by atoms with Gasteiger partial charge in [0.05, 0.1) is 0 Å². The fraction of sp³-hybridized carbons (Fsp3) is 0.222. The monoisotopic (exact) mass is 249 g/mol. The van der Waals surface area contributed by atoms with Crippen molar-refractivity contribution in [2.45, 2.75) is 26.3 Å². The average molecular weight is 249 g/mol. The summed E-state index contributed by atoms with van der Waals surface area (Å²) < 4.78 is 0. The van der Waals surface area contributed by atoms with Crippen LogP contribution in [0.5, 0.6) is 0 Å². The number of hydrogen-bond acceptors (Lipinski definition) is 1. The Labute approximate surface area is 115 Å². The van der Waals surface area contributed by atoms with Crippen LogP contribution in [-0.4, -0.2) is 0 Å². The molecule has 2 aromatic carbocycles. The van der Waals surface area contributed by atoms with Crippen molar-refractivity contribution < 1.29 is 0 Å². The van der Waals surface area contributed by atoms with Crippen LogP contribution in [0.25, 0.3) is 0 Å². The number of terminal acetylenes is 1. The molecule has 1 heteroatoms. The number of rotatable bonds is 4. The van der Waals surface area contributed by atoms with Gasteiger partial charge < -0.3 is 5.32 Å². The van der Waals surface area contributed by atoms with Gasteiger partial charge in [-0.1, -0.05) is 43.2 Å². The van der Waals surface area contributed by atoms with Crippen molar-refractivity contribution in [3.05, 3.63) is 65.2 Å². The van der Waals surface area contributed by atoms with Crippen molar-refractivity contribution in [2.75, 3.05) is 5.32 Å². The molecule has 2 aromatic rings. The maximum absolute atomic E-state index is 5.41. The molecular formula is C18H19N. The molecule has 0 aliphatic rings. The van der Waals surface area contributed by atoms with Gasteiger partial charge >= 0.3 is 0 Å². The van der Waals surface area contributed by atoms with E-state index in [1.807, 2.05) is 24.3 Å². The Bertz CT molecular complexity index is 575. The van der Waals surface area contributed by atoms with Gasteiger partial charge in [0.1, 0.15) is 0 Å². The Kier molecular flexibility index (Phi) is 4.26. The van der Waals surface area contributed by atoms with E-state index in [4.69, 9.17) is 6.42 Å². The number of benzene rings is 2. The van der Waals surface area contributed by atoms with E-state index < -0.39 is 0 Å². The highest BCUT2D eigenvalue weighted by atomic mass is 14.9. The first kappa shape index (κ1) is 13.2. The molecule has 96 valence electrons. The molecule has 1 unspecified atom stereocenters. The Morgan fingerprint density at radius 1 is 1.16 bits per heavy atom. The van der Waals surface area contributed by atoms with E-state index in [2.05, 4.69) is 49.4 Å². The van der Waals surface area contributed by atoms with Crippen molar-refractivity contribution in [2.24, 2.45) is 0 Å². The van der Waals surface area contributed by atoms with Gasteiger partial charge in [-0.25, -0.2) is 0 Å². The second-order valence-electron chi connectivity index (χ2n) is 4.69. The number of nitrogens with one attached hydrogen (secondary N) is 1. The third-order valence-corrected chi connectivity index (χ3v) is 3.30. The molecule has 2 rings (SSSR count). The Morgan fingerprint density at radius 2 is 1.89 bits per heavy atom. The maximum atomic E-state index is 5.41. The molecular weight excluding hydrogens is 230 g/mol. The summed E-state index contributed by atoms with van der Waals surface area (Å²) in [5, 5.41) is 3.47. The smallest absolute Gasteiger partial charge is 0.0485 e. The molecule has 19 heavy (non-hydrogen) atoms. The van der Waals surface area contributed by atoms with Gasteiger partial charge in [-0.05, 0) is 42.7 Å². The van der Waals surface area contributed by atoms with Gasteiger partial charge in [-0.15, -0.1) is 6.42 Å². The standard InChI is InChI=1S/C18H19N/c1-4-15-9-11-17(12-10-15)14(3)19-18-8-6-7-16(5-2)13-18/h2,6-14,19H,4H2,1,3H3. The lowest BCUT2D eigenvalue weighted by molar-refractivity contribution is 0.882. The first-order valence-corrected chi connectivity index (χ1v) is 6.65. The van der Waals surface area contributed by atoms with E-state index in [9.17, 15) is 0 Å². The Morgan fingerprint density at radius 3 is 2.53 bits per heavy atom. The van der Waals surface area contributed by atoms with Crippen LogP contribution in [0.1, 0.15) is 36.6 Å². The van der Waals surface area contributed by atoms with Crippen LogP contribution in [0.4, 0.5) is 5.69 Å². The van der Waals surface area contributed by atoms with Crippen LogP contribution in [-0.2, 0) is 6.42 Å². The lowest BCUT2D eigenvalue weighted by Gasteiger charge is -2.16. The van der Waals surface area contributed by atoms with Gasteiger partial charge in [-0.3, -0.25) is 0 Å². The van der Waals surface area contributed by atoms with Gasteiger partial charge in [-0.2, -0.15) is 0 Å². The molecule has 0 spiro atoms. The highest BCUT2D eigenvalue weighted by Gasteiger charge is 2.05. The van der Waals surface area contributed by atoms with Gasteiger partial charge in [0.25, 0.3) is 0 Å². The molecule has 0 amide bonds. The fourth-order valence-electron chi connectivity index (χ4n) is 2.07. The first-order chi connectivity index (χ1) is 9.22. The van der Waals surface area contributed by atoms with Crippen LogP contribution >= 0.6 is 0 Å². The van der Waals surface area contributed by atoms with Crippen LogP contribution in [0.15, 0.2) is 48.5 Å². The SMILES string of the molecule is C#Cc1cccc(NC(C)c2ccc(CC)cc2)c1. The summed E-state index contributed by atoms with van der Waals surface area (Å²) in [5.74, 6) is 2.66. The van der Waals surface area contributed by atoms with Gasteiger partial charge in [0, 0.05) is 17.3 Å². The molecule has 0 radical (unpaired) electrons. The Balaban J connectivity index is 2.11. The fourth-order valence-corrected chi connectivity index (χ4v) is 2.07. The highest BCUT2D eigenvalue weighted by molar-refractivity contribution is 5.51. The quantitative estimate of drug-likeness (QED) is 0.792. The van der Waals surface area contributed by atoms with Crippen LogP contribution in [0.3, 0.4) is 0 Å². The molecule has 0 heterocycles. The second-order valence-corrected chi connectivity index (χ2v) is 4.69.